The highest BCUT2D eigenvalue weighted by atomic mass is 127. The van der Waals surface area contributed by atoms with Crippen LogP contribution < -0.4 is 0 Å². The Labute approximate surface area is 118 Å². The molecule has 4 heteroatoms. The standard InChI is InChI=1S/C6H10I4/c1-3(7)5(9)6(10)4(2)8/h3-6H,1-2H3. The third-order valence-corrected chi connectivity index (χ3v) is 10.6. The Hall–Kier alpha value is 2.92. The molecule has 0 nitrogen and oxygen atoms in total. The molecule has 0 aliphatic heterocycles. The third kappa shape index (κ3) is 4.83. The average Bonchev–Trinajstić information content (AvgIpc) is 1.84. The molecule has 0 N–H and O–H groups in total. The normalized spacial score (nSPS) is 23.4. The Kier molecular flexibility index (Phi) is 8.25. The molecule has 0 fully saturated rings. The second-order valence-electron chi connectivity index (χ2n) is 2.24. The minimum atomic E-state index is 0.775. The maximum Gasteiger partial charge on any atom is 0.0353 e. The predicted octanol–water partition coefficient (Wildman–Crippen LogP) is 4.24. The Morgan fingerprint density at radius 3 is 1.00 bits per heavy atom. The molecule has 4 unspecified atom stereocenters. The number of hydrogen-bond acceptors (Lipinski definition) is 0. The molecule has 0 radical (unpaired) electrons. The third-order valence-electron chi connectivity index (χ3n) is 1.18. The van der Waals surface area contributed by atoms with Gasteiger partial charge in [-0.3, -0.25) is 0 Å². The van der Waals surface area contributed by atoms with Crippen LogP contribution in [0.2, 0.25) is 0 Å². The van der Waals surface area contributed by atoms with Crippen molar-refractivity contribution in [1.29, 1.82) is 0 Å². The van der Waals surface area contributed by atoms with Crippen molar-refractivity contribution in [3.8, 4) is 0 Å². The Morgan fingerprint density at radius 2 is 0.900 bits per heavy atom. The summed E-state index contributed by atoms with van der Waals surface area (Å²) in [5, 5.41) is 0. The summed E-state index contributed by atoms with van der Waals surface area (Å²) in [4.78, 5) is 0. The van der Waals surface area contributed by atoms with Crippen LogP contribution in [0.15, 0.2) is 0 Å². The van der Waals surface area contributed by atoms with E-state index in [9.17, 15) is 0 Å². The van der Waals surface area contributed by atoms with E-state index in [0.717, 1.165) is 15.7 Å². The zero-order chi connectivity index (χ0) is 8.31. The van der Waals surface area contributed by atoms with Gasteiger partial charge in [-0.05, 0) is 0 Å². The van der Waals surface area contributed by atoms with E-state index < -0.39 is 0 Å². The lowest BCUT2D eigenvalue weighted by Gasteiger charge is -2.21. The van der Waals surface area contributed by atoms with Gasteiger partial charge >= 0.3 is 0 Å². The first-order valence-electron chi connectivity index (χ1n) is 3.03. The number of rotatable bonds is 3. The second kappa shape index (κ2) is 6.39. The van der Waals surface area contributed by atoms with E-state index in [0.29, 0.717) is 0 Å². The van der Waals surface area contributed by atoms with Crippen LogP contribution in [0.5, 0.6) is 0 Å². The summed E-state index contributed by atoms with van der Waals surface area (Å²) in [5.41, 5.74) is 0. The molecule has 0 aromatic rings. The van der Waals surface area contributed by atoms with Crippen LogP contribution in [-0.2, 0) is 0 Å². The van der Waals surface area contributed by atoms with E-state index in [4.69, 9.17) is 0 Å². The van der Waals surface area contributed by atoms with Crippen molar-refractivity contribution in [3.63, 3.8) is 0 Å². The molecule has 0 spiro atoms. The zero-order valence-corrected chi connectivity index (χ0v) is 14.5. The van der Waals surface area contributed by atoms with Gasteiger partial charge in [0.25, 0.3) is 0 Å². The molecule has 0 bridgehead atoms. The molecule has 0 amide bonds. The van der Waals surface area contributed by atoms with Crippen LogP contribution in [0.4, 0.5) is 0 Å². The van der Waals surface area contributed by atoms with Gasteiger partial charge in [0.1, 0.15) is 0 Å². The van der Waals surface area contributed by atoms with Crippen LogP contribution in [-0.4, -0.2) is 15.7 Å². The lowest BCUT2D eigenvalue weighted by Crippen LogP contribution is -2.27. The topological polar surface area (TPSA) is 0 Å². The van der Waals surface area contributed by atoms with Gasteiger partial charge in [0.05, 0.1) is 0 Å². The van der Waals surface area contributed by atoms with Crippen molar-refractivity contribution in [2.75, 3.05) is 0 Å². The van der Waals surface area contributed by atoms with Crippen molar-refractivity contribution in [2.45, 2.75) is 29.5 Å². The first-order valence-corrected chi connectivity index (χ1v) is 8.01. The fourth-order valence-electron chi connectivity index (χ4n) is 0.507. The summed E-state index contributed by atoms with van der Waals surface area (Å²) in [7, 11) is 0. The van der Waals surface area contributed by atoms with E-state index in [1.807, 2.05) is 0 Å². The molecule has 0 heterocycles. The van der Waals surface area contributed by atoms with Crippen molar-refractivity contribution in [2.24, 2.45) is 0 Å². The van der Waals surface area contributed by atoms with Crippen molar-refractivity contribution >= 4 is 90.4 Å². The molecule has 62 valence electrons. The summed E-state index contributed by atoms with van der Waals surface area (Å²) in [6, 6.07) is 0. The van der Waals surface area contributed by atoms with Crippen LogP contribution in [0.25, 0.3) is 0 Å². The van der Waals surface area contributed by atoms with Crippen molar-refractivity contribution in [3.05, 3.63) is 0 Å². The Balaban J connectivity index is 3.81. The molecule has 0 aromatic carbocycles. The molecule has 10 heavy (non-hydrogen) atoms. The van der Waals surface area contributed by atoms with Gasteiger partial charge in [-0.15, -0.1) is 0 Å². The van der Waals surface area contributed by atoms with Crippen molar-refractivity contribution in [1.82, 2.24) is 0 Å². The molecular formula is C6H10I4. The zero-order valence-electron chi connectivity index (χ0n) is 5.82. The first-order chi connectivity index (χ1) is 4.46. The van der Waals surface area contributed by atoms with Gasteiger partial charge in [-0.25, -0.2) is 0 Å². The van der Waals surface area contributed by atoms with Gasteiger partial charge in [0, 0.05) is 15.7 Å². The first kappa shape index (κ1) is 12.9. The molecule has 0 aliphatic carbocycles. The monoisotopic (exact) mass is 590 g/mol. The van der Waals surface area contributed by atoms with Crippen LogP contribution >= 0.6 is 90.4 Å². The second-order valence-corrected chi connectivity index (χ2v) is 9.05. The molecule has 0 aromatic heterocycles. The minimum absolute atomic E-state index is 0.775. The van der Waals surface area contributed by atoms with Gasteiger partial charge < -0.3 is 0 Å². The highest BCUT2D eigenvalue weighted by Gasteiger charge is 2.23. The highest BCUT2D eigenvalue weighted by molar-refractivity contribution is 14.1. The lowest BCUT2D eigenvalue weighted by atomic mass is 10.2. The van der Waals surface area contributed by atoms with E-state index in [-0.39, 0.29) is 0 Å². The van der Waals surface area contributed by atoms with Crippen LogP contribution in [0.3, 0.4) is 0 Å². The smallest absolute Gasteiger partial charge is 0.0353 e. The van der Waals surface area contributed by atoms with Gasteiger partial charge in [-0.2, -0.15) is 0 Å². The summed E-state index contributed by atoms with van der Waals surface area (Å²) >= 11 is 10.1. The van der Waals surface area contributed by atoms with E-state index in [1.54, 1.807) is 0 Å². The summed E-state index contributed by atoms with van der Waals surface area (Å²) in [5.74, 6) is 0. The maximum absolute atomic E-state index is 2.55. The summed E-state index contributed by atoms with van der Waals surface area (Å²) in [6.45, 7) is 4.56. The van der Waals surface area contributed by atoms with Gasteiger partial charge in [0.15, 0.2) is 0 Å². The number of alkyl halides is 4. The fraction of sp³-hybridized carbons (Fsp3) is 1.00. The van der Waals surface area contributed by atoms with E-state index in [2.05, 4.69) is 104 Å². The molecule has 4 atom stereocenters. The van der Waals surface area contributed by atoms with Gasteiger partial charge in [-0.1, -0.05) is 104 Å². The summed E-state index contributed by atoms with van der Waals surface area (Å²) in [6.07, 6.45) is 0. The predicted molar refractivity (Wildman–Crippen MR) is 82.6 cm³/mol. The highest BCUT2D eigenvalue weighted by Crippen LogP contribution is 2.29. The Bertz CT molecular complexity index is 79.7. The number of halogens is 4. The minimum Gasteiger partial charge on any atom is -0.0817 e. The largest absolute Gasteiger partial charge is 0.0817 e. The quantitative estimate of drug-likeness (QED) is 0.342. The Morgan fingerprint density at radius 1 is 0.700 bits per heavy atom. The molecular weight excluding hydrogens is 580 g/mol. The fourth-order valence-corrected chi connectivity index (χ4v) is 4.24. The van der Waals surface area contributed by atoms with Crippen molar-refractivity contribution < 1.29 is 0 Å². The molecule has 0 rings (SSSR count). The van der Waals surface area contributed by atoms with E-state index in [1.165, 1.54) is 0 Å². The van der Waals surface area contributed by atoms with E-state index >= 15 is 0 Å². The maximum atomic E-state index is 2.55. The summed E-state index contributed by atoms with van der Waals surface area (Å²) < 4.78 is 3.14. The SMILES string of the molecule is CC(I)C(I)C(I)C(C)I. The molecule has 0 saturated heterocycles. The van der Waals surface area contributed by atoms with Crippen LogP contribution in [0, 0.1) is 0 Å². The molecule has 0 saturated carbocycles. The number of hydrogen-bond donors (Lipinski definition) is 0. The average molecular weight is 590 g/mol. The van der Waals surface area contributed by atoms with Crippen LogP contribution in [0.1, 0.15) is 13.8 Å². The molecule has 0 aliphatic rings. The lowest BCUT2D eigenvalue weighted by molar-refractivity contribution is 0.836. The van der Waals surface area contributed by atoms with Gasteiger partial charge in [0.2, 0.25) is 0 Å².